The zero-order chi connectivity index (χ0) is 15.4. The molecule has 0 atom stereocenters. The number of H-pyrrole nitrogens is 1. The SMILES string of the molecule is O=C(Nc1ccccc1)c1cc(Cc2ccc(F)cc2)[nH]n1. The summed E-state index contributed by atoms with van der Waals surface area (Å²) in [5.41, 5.74) is 2.78. The first-order valence-electron chi connectivity index (χ1n) is 6.86. The summed E-state index contributed by atoms with van der Waals surface area (Å²) in [6.07, 6.45) is 0.561. The van der Waals surface area contributed by atoms with Gasteiger partial charge in [-0.3, -0.25) is 9.89 Å². The van der Waals surface area contributed by atoms with Crippen molar-refractivity contribution in [2.24, 2.45) is 0 Å². The number of aromatic nitrogens is 2. The Balaban J connectivity index is 1.68. The molecule has 0 radical (unpaired) electrons. The van der Waals surface area contributed by atoms with E-state index in [-0.39, 0.29) is 11.7 Å². The van der Waals surface area contributed by atoms with Crippen LogP contribution in [0.15, 0.2) is 60.7 Å². The molecular formula is C17H14FN3O. The van der Waals surface area contributed by atoms with Crippen molar-refractivity contribution in [1.29, 1.82) is 0 Å². The lowest BCUT2D eigenvalue weighted by molar-refractivity contribution is 0.102. The van der Waals surface area contributed by atoms with Crippen LogP contribution in [0.5, 0.6) is 0 Å². The summed E-state index contributed by atoms with van der Waals surface area (Å²) in [7, 11) is 0. The van der Waals surface area contributed by atoms with Crippen LogP contribution in [-0.4, -0.2) is 16.1 Å². The van der Waals surface area contributed by atoms with E-state index in [0.717, 1.165) is 16.9 Å². The molecule has 1 heterocycles. The molecule has 0 unspecified atom stereocenters. The van der Waals surface area contributed by atoms with Crippen LogP contribution in [0.2, 0.25) is 0 Å². The molecule has 22 heavy (non-hydrogen) atoms. The Labute approximate surface area is 127 Å². The third-order valence-corrected chi connectivity index (χ3v) is 3.20. The molecule has 0 saturated heterocycles. The van der Waals surface area contributed by atoms with Crippen molar-refractivity contribution < 1.29 is 9.18 Å². The Morgan fingerprint density at radius 1 is 1.09 bits per heavy atom. The third-order valence-electron chi connectivity index (χ3n) is 3.20. The molecule has 110 valence electrons. The van der Waals surface area contributed by atoms with Gasteiger partial charge in [-0.15, -0.1) is 0 Å². The van der Waals surface area contributed by atoms with Crippen molar-refractivity contribution in [1.82, 2.24) is 10.2 Å². The van der Waals surface area contributed by atoms with Crippen LogP contribution in [0.3, 0.4) is 0 Å². The summed E-state index contributed by atoms with van der Waals surface area (Å²) in [6.45, 7) is 0. The first-order chi connectivity index (χ1) is 10.7. The Morgan fingerprint density at radius 2 is 1.82 bits per heavy atom. The van der Waals surface area contributed by atoms with Crippen molar-refractivity contribution in [3.63, 3.8) is 0 Å². The molecule has 0 aliphatic rings. The molecule has 3 aromatic rings. The van der Waals surface area contributed by atoms with Gasteiger partial charge in [-0.2, -0.15) is 5.10 Å². The van der Waals surface area contributed by atoms with Gasteiger partial charge in [0.2, 0.25) is 0 Å². The van der Waals surface area contributed by atoms with Crippen molar-refractivity contribution in [2.45, 2.75) is 6.42 Å². The fourth-order valence-electron chi connectivity index (χ4n) is 2.11. The number of halogens is 1. The highest BCUT2D eigenvalue weighted by atomic mass is 19.1. The average molecular weight is 295 g/mol. The molecule has 0 aliphatic carbocycles. The lowest BCUT2D eigenvalue weighted by atomic mass is 10.1. The van der Waals surface area contributed by atoms with Crippen LogP contribution in [0.1, 0.15) is 21.7 Å². The molecule has 1 amide bonds. The highest BCUT2D eigenvalue weighted by Crippen LogP contribution is 2.11. The van der Waals surface area contributed by atoms with Crippen LogP contribution >= 0.6 is 0 Å². The highest BCUT2D eigenvalue weighted by Gasteiger charge is 2.11. The minimum absolute atomic E-state index is 0.267. The van der Waals surface area contributed by atoms with Gasteiger partial charge in [0.05, 0.1) is 0 Å². The molecule has 2 N–H and O–H groups in total. The molecule has 0 fully saturated rings. The van der Waals surface area contributed by atoms with E-state index in [1.807, 2.05) is 30.3 Å². The van der Waals surface area contributed by atoms with E-state index in [4.69, 9.17) is 0 Å². The van der Waals surface area contributed by atoms with Crippen LogP contribution in [0, 0.1) is 5.82 Å². The number of nitrogens with one attached hydrogen (secondary N) is 2. The molecule has 0 spiro atoms. The number of hydrogen-bond donors (Lipinski definition) is 2. The van der Waals surface area contributed by atoms with Crippen LogP contribution in [0.25, 0.3) is 0 Å². The molecule has 2 aromatic carbocycles. The minimum atomic E-state index is -0.271. The Morgan fingerprint density at radius 3 is 2.55 bits per heavy atom. The smallest absolute Gasteiger partial charge is 0.276 e. The van der Waals surface area contributed by atoms with Gasteiger partial charge < -0.3 is 5.32 Å². The lowest BCUT2D eigenvalue weighted by Gasteiger charge is -2.01. The first kappa shape index (κ1) is 14.0. The summed E-state index contributed by atoms with van der Waals surface area (Å²) in [6, 6.07) is 17.1. The first-order valence-corrected chi connectivity index (χ1v) is 6.86. The van der Waals surface area contributed by atoms with Gasteiger partial charge in [0.1, 0.15) is 5.82 Å². The van der Waals surface area contributed by atoms with Crippen molar-refractivity contribution in [3.8, 4) is 0 Å². The van der Waals surface area contributed by atoms with E-state index in [9.17, 15) is 9.18 Å². The second-order valence-electron chi connectivity index (χ2n) is 4.90. The van der Waals surface area contributed by atoms with Gasteiger partial charge in [0.25, 0.3) is 5.91 Å². The van der Waals surface area contributed by atoms with E-state index in [0.29, 0.717) is 12.1 Å². The molecule has 0 bridgehead atoms. The van der Waals surface area contributed by atoms with Crippen molar-refractivity contribution in [2.75, 3.05) is 5.32 Å². The largest absolute Gasteiger partial charge is 0.321 e. The molecule has 1 aromatic heterocycles. The van der Waals surface area contributed by atoms with Gasteiger partial charge in [-0.1, -0.05) is 30.3 Å². The van der Waals surface area contributed by atoms with E-state index in [1.165, 1.54) is 12.1 Å². The fourth-order valence-corrected chi connectivity index (χ4v) is 2.11. The van der Waals surface area contributed by atoms with Gasteiger partial charge in [0.15, 0.2) is 5.69 Å². The standard InChI is InChI=1S/C17H14FN3O/c18-13-8-6-12(7-9-13)10-15-11-16(21-20-15)17(22)19-14-4-2-1-3-5-14/h1-9,11H,10H2,(H,19,22)(H,20,21). The summed E-state index contributed by atoms with van der Waals surface area (Å²) in [5.74, 6) is -0.538. The second kappa shape index (κ2) is 6.22. The maximum absolute atomic E-state index is 12.9. The highest BCUT2D eigenvalue weighted by molar-refractivity contribution is 6.02. The maximum atomic E-state index is 12.9. The van der Waals surface area contributed by atoms with Gasteiger partial charge >= 0.3 is 0 Å². The molecule has 4 nitrogen and oxygen atoms in total. The zero-order valence-electron chi connectivity index (χ0n) is 11.7. The zero-order valence-corrected chi connectivity index (χ0v) is 11.7. The lowest BCUT2D eigenvalue weighted by Crippen LogP contribution is -2.12. The van der Waals surface area contributed by atoms with E-state index in [1.54, 1.807) is 18.2 Å². The Hall–Kier alpha value is -2.95. The number of anilines is 1. The number of hydrogen-bond acceptors (Lipinski definition) is 2. The molecule has 3 rings (SSSR count). The van der Waals surface area contributed by atoms with E-state index in [2.05, 4.69) is 15.5 Å². The topological polar surface area (TPSA) is 57.8 Å². The van der Waals surface area contributed by atoms with Crippen molar-refractivity contribution >= 4 is 11.6 Å². The van der Waals surface area contributed by atoms with E-state index >= 15 is 0 Å². The van der Waals surface area contributed by atoms with Crippen molar-refractivity contribution in [3.05, 3.63) is 83.4 Å². The minimum Gasteiger partial charge on any atom is -0.321 e. The summed E-state index contributed by atoms with van der Waals surface area (Å²) in [5, 5.41) is 9.62. The van der Waals surface area contributed by atoms with Gasteiger partial charge in [-0.25, -0.2) is 4.39 Å². The summed E-state index contributed by atoms with van der Waals surface area (Å²) in [4.78, 5) is 12.1. The van der Waals surface area contributed by atoms with Crippen LogP contribution in [0.4, 0.5) is 10.1 Å². The van der Waals surface area contributed by atoms with Crippen LogP contribution in [-0.2, 0) is 6.42 Å². The number of carbonyl (C=O) groups is 1. The predicted octanol–water partition coefficient (Wildman–Crippen LogP) is 3.39. The molecular weight excluding hydrogens is 281 g/mol. The summed E-state index contributed by atoms with van der Waals surface area (Å²) < 4.78 is 12.9. The van der Waals surface area contributed by atoms with Gasteiger partial charge in [-0.05, 0) is 35.9 Å². The van der Waals surface area contributed by atoms with E-state index < -0.39 is 0 Å². The molecule has 0 saturated carbocycles. The Kier molecular flexibility index (Phi) is 3.96. The number of aromatic amines is 1. The fraction of sp³-hybridized carbons (Fsp3) is 0.0588. The molecule has 5 heteroatoms. The third kappa shape index (κ3) is 3.38. The number of para-hydroxylation sites is 1. The molecule has 0 aliphatic heterocycles. The normalized spacial score (nSPS) is 10.4. The maximum Gasteiger partial charge on any atom is 0.276 e. The predicted molar refractivity (Wildman–Crippen MR) is 82.2 cm³/mol. The summed E-state index contributed by atoms with van der Waals surface area (Å²) >= 11 is 0. The number of nitrogens with zero attached hydrogens (tertiary/aromatic N) is 1. The van der Waals surface area contributed by atoms with Gasteiger partial charge in [0, 0.05) is 17.8 Å². The van der Waals surface area contributed by atoms with Crippen LogP contribution < -0.4 is 5.32 Å². The second-order valence-corrected chi connectivity index (χ2v) is 4.90. The number of amides is 1. The quantitative estimate of drug-likeness (QED) is 0.775. The average Bonchev–Trinajstić information content (AvgIpc) is 2.99. The monoisotopic (exact) mass is 295 g/mol. The number of rotatable bonds is 4. The number of carbonyl (C=O) groups excluding carboxylic acids is 1. The Bertz CT molecular complexity index is 766. The number of benzene rings is 2.